The second kappa shape index (κ2) is 25.5. The first-order chi connectivity index (χ1) is 47.3. The molecule has 3 N–H and O–H groups in total. The van der Waals surface area contributed by atoms with E-state index in [-0.39, 0.29) is 44.4 Å². The SMILES string of the molecule is COc1ccccc1C(=O)N1CCC2(CC1)Oc1ccc(O)cc1-c1c2cnn1C.N#Cc1ccc2n1-c1ccccc1OC21CCN(C(=O)c2ccc(S(=O)(=O)NCCO)cc2)CC1.O=C(c1ccc2ncsc2c1)N1CCC2(CC1)Oc1ccccc1-n1c(C(F)(F)F)ccc12.[HH].[HH]. The van der Waals surface area contributed by atoms with E-state index in [4.69, 9.17) is 24.1 Å². The first kappa shape index (κ1) is 64.9. The van der Waals surface area contributed by atoms with Crippen molar-refractivity contribution in [2.45, 2.75) is 66.4 Å². The molecule has 3 amide bonds. The van der Waals surface area contributed by atoms with Crippen LogP contribution in [0.5, 0.6) is 28.7 Å². The van der Waals surface area contributed by atoms with Crippen LogP contribution in [0.25, 0.3) is 32.8 Å². The number of alkyl halides is 3. The van der Waals surface area contributed by atoms with Crippen molar-refractivity contribution in [3.63, 3.8) is 0 Å². The lowest BCUT2D eigenvalue weighted by molar-refractivity contribution is -0.143. The Labute approximate surface area is 568 Å². The lowest BCUT2D eigenvalue weighted by Gasteiger charge is -2.45. The van der Waals surface area contributed by atoms with Gasteiger partial charge in [0.05, 0.1) is 74.6 Å². The Morgan fingerprint density at radius 2 is 1.24 bits per heavy atom. The van der Waals surface area contributed by atoms with Crippen molar-refractivity contribution in [2.75, 3.05) is 59.5 Å². The molecule has 6 aliphatic heterocycles. The first-order valence-electron chi connectivity index (χ1n) is 31.8. The summed E-state index contributed by atoms with van der Waals surface area (Å²) in [7, 11) is -0.268. The summed E-state index contributed by atoms with van der Waals surface area (Å²) < 4.78 is 98.8. The standard InChI is InChI=1S/C25H24N4O5S.C24H18F3N3O2S.C23H23N3O4.2H2/c26-17-19-7-10-23-25(34-22-4-2-1-3-21(22)29(19)23)11-14-28(15-12-25)24(31)18-5-8-20(9-6-18)35(32,33)27-13-16-30;25-24(26,27)21-8-7-20-23(32-18-4-2-1-3-17(18)30(20)21)9-11-29(12-10-23)22(31)15-5-6-16-19(13-15)33-14-28-16;1-25-21-17-13-15(27)7-8-20(17)30-23(18(21)14-24-25)9-11-26(12-10-23)22(28)16-5-3-4-6-19(16)29-2;;/h1-10,27,30H,11-16H2;1-8,13-14H,9-12H2;3-8,13-14,27H,9-12H2,1-2H3;2*1H. The Hall–Kier alpha value is -10.5. The van der Waals surface area contributed by atoms with Gasteiger partial charge in [-0.2, -0.15) is 23.5 Å². The minimum absolute atomic E-state index is 0. The number of aromatic nitrogens is 5. The van der Waals surface area contributed by atoms with Crippen molar-refractivity contribution < 1.29 is 68.0 Å². The Morgan fingerprint density at radius 1 is 0.684 bits per heavy atom. The van der Waals surface area contributed by atoms with E-state index >= 15 is 0 Å². The molecule has 16 rings (SSSR count). The smallest absolute Gasteiger partial charge is 0.431 e. The summed E-state index contributed by atoms with van der Waals surface area (Å²) >= 11 is 1.48. The van der Waals surface area contributed by atoms with Gasteiger partial charge in [0.1, 0.15) is 51.8 Å². The minimum Gasteiger partial charge on any atom is -0.508 e. The predicted octanol–water partition coefficient (Wildman–Crippen LogP) is 11.6. The number of carbonyl (C=O) groups is 3. The number of amides is 3. The number of hydrogen-bond acceptors (Lipinski definition) is 15. The number of rotatable bonds is 8. The van der Waals surface area contributed by atoms with Gasteiger partial charge in [0.2, 0.25) is 10.0 Å². The first-order valence-corrected chi connectivity index (χ1v) is 34.2. The molecule has 98 heavy (non-hydrogen) atoms. The Bertz CT molecular complexity index is 4910. The molecule has 10 aromatic rings. The molecule has 3 fully saturated rings. The van der Waals surface area contributed by atoms with Crippen molar-refractivity contribution in [1.82, 2.24) is 43.3 Å². The number of nitrogens with zero attached hydrogens (tertiary/aromatic N) is 9. The molecule has 4 aromatic heterocycles. The van der Waals surface area contributed by atoms with E-state index < -0.39 is 38.7 Å². The highest BCUT2D eigenvalue weighted by Gasteiger charge is 2.50. The van der Waals surface area contributed by atoms with E-state index in [2.05, 4.69) is 20.9 Å². The molecule has 506 valence electrons. The number of fused-ring (bicyclic) bond motifs is 13. The molecule has 10 heterocycles. The fourth-order valence-electron chi connectivity index (χ4n) is 14.2. The number of aromatic hydroxyl groups is 1. The molecular formula is C72H69F3N10O11S2. The molecule has 0 atom stereocenters. The number of methoxy groups -OCH3 is 1. The fraction of sp³-hybridized carbons (Fsp3) is 0.278. The fourth-order valence-corrected chi connectivity index (χ4v) is 16.0. The molecule has 0 bridgehead atoms. The maximum Gasteiger partial charge on any atom is 0.431 e. The number of aryl methyl sites for hydroxylation is 1. The number of phenols is 1. The average Bonchev–Trinajstić information content (AvgIpc) is 1.45. The number of para-hydroxylation sites is 5. The van der Waals surface area contributed by atoms with Crippen molar-refractivity contribution >= 4 is 49.3 Å². The van der Waals surface area contributed by atoms with Gasteiger partial charge < -0.3 is 48.4 Å². The molecule has 0 aliphatic carbocycles. The van der Waals surface area contributed by atoms with Crippen LogP contribution in [-0.2, 0) is 40.1 Å². The molecule has 6 aromatic carbocycles. The number of ether oxygens (including phenoxy) is 4. The van der Waals surface area contributed by atoms with Gasteiger partial charge in [0, 0.05) is 116 Å². The number of benzene rings is 6. The molecule has 21 nitrogen and oxygen atoms in total. The number of sulfonamides is 1. The van der Waals surface area contributed by atoms with Crippen LogP contribution in [0.3, 0.4) is 0 Å². The van der Waals surface area contributed by atoms with Gasteiger partial charge in [0.15, 0.2) is 11.2 Å². The van der Waals surface area contributed by atoms with Gasteiger partial charge in [-0.1, -0.05) is 36.4 Å². The van der Waals surface area contributed by atoms with Crippen LogP contribution in [0, 0.1) is 11.3 Å². The number of thiazole rings is 1. The summed E-state index contributed by atoms with van der Waals surface area (Å²) in [6.07, 6.45) is 0.586. The lowest BCUT2D eigenvalue weighted by Crippen LogP contribution is -2.50. The van der Waals surface area contributed by atoms with E-state index in [0.29, 0.717) is 129 Å². The van der Waals surface area contributed by atoms with Crippen LogP contribution in [-0.4, -0.2) is 134 Å². The highest BCUT2D eigenvalue weighted by molar-refractivity contribution is 7.89. The van der Waals surface area contributed by atoms with Gasteiger partial charge in [-0.3, -0.25) is 23.6 Å². The predicted molar refractivity (Wildman–Crippen MR) is 359 cm³/mol. The number of nitrogens with one attached hydrogen (secondary N) is 1. The van der Waals surface area contributed by atoms with E-state index in [1.54, 1.807) is 89.2 Å². The number of likely N-dealkylation sites (tertiary alicyclic amines) is 3. The Morgan fingerprint density at radius 3 is 1.88 bits per heavy atom. The van der Waals surface area contributed by atoms with Crippen molar-refractivity contribution in [3.8, 4) is 57.4 Å². The number of aliphatic hydroxyl groups excluding tert-OH is 1. The topological polar surface area (TPSA) is 249 Å². The zero-order valence-corrected chi connectivity index (χ0v) is 54.7. The van der Waals surface area contributed by atoms with Crippen LogP contribution in [0.4, 0.5) is 13.2 Å². The van der Waals surface area contributed by atoms with Gasteiger partial charge in [-0.25, -0.2) is 18.1 Å². The number of piperidine rings is 3. The van der Waals surface area contributed by atoms with Crippen LogP contribution in [0.2, 0.25) is 0 Å². The highest BCUT2D eigenvalue weighted by atomic mass is 32.2. The molecular weight excluding hydrogens is 1300 g/mol. The minimum atomic E-state index is -4.49. The number of carbonyl (C=O) groups excluding carboxylic acids is 3. The van der Waals surface area contributed by atoms with Gasteiger partial charge in [-0.05, 0) is 121 Å². The molecule has 26 heteroatoms. The monoisotopic (exact) mass is 1370 g/mol. The summed E-state index contributed by atoms with van der Waals surface area (Å²) in [6, 6.07) is 46.7. The number of hydrogen-bond donors (Lipinski definition) is 3. The summed E-state index contributed by atoms with van der Waals surface area (Å²) in [5.41, 5.74) is 7.26. The summed E-state index contributed by atoms with van der Waals surface area (Å²) in [6.45, 7) is 2.42. The third-order valence-corrected chi connectivity index (χ3v) is 21.5. The normalized spacial score (nSPS) is 16.6. The van der Waals surface area contributed by atoms with Gasteiger partial charge in [-0.15, -0.1) is 11.3 Å². The molecule has 0 unspecified atom stereocenters. The van der Waals surface area contributed by atoms with E-state index in [0.717, 1.165) is 50.2 Å². The highest BCUT2D eigenvalue weighted by Crippen LogP contribution is 2.52. The van der Waals surface area contributed by atoms with Crippen LogP contribution < -0.4 is 23.7 Å². The van der Waals surface area contributed by atoms with Gasteiger partial charge in [0.25, 0.3) is 17.7 Å². The Kier molecular flexibility index (Phi) is 16.9. The third kappa shape index (κ3) is 11.6. The summed E-state index contributed by atoms with van der Waals surface area (Å²) in [5, 5.41) is 32.9. The number of nitriles is 1. The average molecular weight is 1370 g/mol. The molecule has 3 saturated heterocycles. The van der Waals surface area contributed by atoms with E-state index in [9.17, 15) is 46.3 Å². The van der Waals surface area contributed by atoms with Crippen molar-refractivity contribution in [2.24, 2.45) is 7.05 Å². The van der Waals surface area contributed by atoms with Crippen molar-refractivity contribution in [1.29, 1.82) is 5.26 Å². The molecule has 0 radical (unpaired) electrons. The van der Waals surface area contributed by atoms with E-state index in [1.807, 2.05) is 82.0 Å². The third-order valence-electron chi connectivity index (χ3n) is 19.2. The quantitative estimate of drug-likeness (QED) is 0.128. The Balaban J connectivity index is 0.000000141. The largest absolute Gasteiger partial charge is 0.508 e. The zero-order valence-electron chi connectivity index (χ0n) is 53.1. The van der Waals surface area contributed by atoms with Gasteiger partial charge >= 0.3 is 6.18 Å². The maximum atomic E-state index is 13.8. The zero-order chi connectivity index (χ0) is 68.3. The molecule has 6 aliphatic rings. The molecule has 3 spiro atoms. The second-order valence-corrected chi connectivity index (χ2v) is 27.3. The van der Waals surface area contributed by atoms with E-state index in [1.165, 1.54) is 46.2 Å². The molecule has 0 saturated carbocycles. The summed E-state index contributed by atoms with van der Waals surface area (Å²) in [4.78, 5) is 49.0. The maximum absolute atomic E-state index is 13.8. The lowest BCUT2D eigenvalue weighted by atomic mass is 9.81. The van der Waals surface area contributed by atoms with Crippen LogP contribution >= 0.6 is 11.3 Å². The van der Waals surface area contributed by atoms with Crippen LogP contribution in [0.1, 0.15) is 101 Å². The van der Waals surface area contributed by atoms with Crippen molar-refractivity contribution in [3.05, 3.63) is 214 Å². The number of halogens is 3. The van der Waals surface area contributed by atoms with Crippen LogP contribution in [0.15, 0.2) is 174 Å². The number of phenolic OH excluding ortho intramolecular Hbond substituents is 1. The summed E-state index contributed by atoms with van der Waals surface area (Å²) in [5.74, 6) is 2.32. The number of aliphatic hydroxyl groups is 1. The second-order valence-electron chi connectivity index (χ2n) is 24.7.